The molecule has 0 saturated carbocycles. The quantitative estimate of drug-likeness (QED) is 0.577. The van der Waals surface area contributed by atoms with Gasteiger partial charge < -0.3 is 4.74 Å². The Balaban J connectivity index is 2.20. The summed E-state index contributed by atoms with van der Waals surface area (Å²) in [7, 11) is 1.39. The van der Waals surface area contributed by atoms with Gasteiger partial charge >= 0.3 is 5.97 Å². The maximum Gasteiger partial charge on any atom is 0.327 e. The number of methoxy groups -OCH3 is 1. The molecular weight excluding hydrogens is 298 g/mol. The predicted molar refractivity (Wildman–Crippen MR) is 97.1 cm³/mol. The third kappa shape index (κ3) is 4.84. The molecule has 3 heteroatoms. The summed E-state index contributed by atoms with van der Waals surface area (Å²) in [5.41, 5.74) is 1.97. The van der Waals surface area contributed by atoms with Gasteiger partial charge in [0.25, 0.3) is 0 Å². The second kappa shape index (κ2) is 9.34. The highest BCUT2D eigenvalue weighted by atomic mass is 16.5. The molecule has 1 atom stereocenters. The van der Waals surface area contributed by atoms with Crippen LogP contribution in [-0.4, -0.2) is 31.1 Å². The number of carbonyl (C=O) groups is 1. The average molecular weight is 319 g/mol. The van der Waals surface area contributed by atoms with E-state index in [2.05, 4.69) is 5.92 Å². The Hall–Kier alpha value is -2.83. The Kier molecular flexibility index (Phi) is 6.82. The lowest BCUT2D eigenvalue weighted by Crippen LogP contribution is -2.35. The van der Waals surface area contributed by atoms with Crippen LogP contribution in [0.5, 0.6) is 0 Å². The van der Waals surface area contributed by atoms with E-state index in [1.165, 1.54) is 7.11 Å². The van der Waals surface area contributed by atoms with Crippen molar-refractivity contribution in [3.63, 3.8) is 0 Å². The van der Waals surface area contributed by atoms with Crippen molar-refractivity contribution < 1.29 is 9.53 Å². The number of hydrogen-bond acceptors (Lipinski definition) is 3. The normalized spacial score (nSPS) is 12.0. The minimum atomic E-state index is -0.521. The smallest absolute Gasteiger partial charge is 0.327 e. The Morgan fingerprint density at radius 1 is 1.17 bits per heavy atom. The van der Waals surface area contributed by atoms with Gasteiger partial charge in [0.2, 0.25) is 0 Å². The van der Waals surface area contributed by atoms with E-state index in [1.54, 1.807) is 0 Å². The van der Waals surface area contributed by atoms with E-state index in [0.29, 0.717) is 13.1 Å². The summed E-state index contributed by atoms with van der Waals surface area (Å²) in [6, 6.07) is 19.0. The minimum Gasteiger partial charge on any atom is -0.468 e. The standard InChI is InChI=1S/C21H21NO2/c1-3-16-22(17-10-13-18-11-6-4-7-12-18)20(21(23)24-2)19-14-8-5-9-15-19/h1,4-15,20H,16-17H2,2H3/b13-10+/t20-/m0/s1. The molecule has 24 heavy (non-hydrogen) atoms. The molecule has 0 aliphatic heterocycles. The highest BCUT2D eigenvalue weighted by Gasteiger charge is 2.27. The lowest BCUT2D eigenvalue weighted by Gasteiger charge is -2.27. The van der Waals surface area contributed by atoms with Gasteiger partial charge in [-0.2, -0.15) is 0 Å². The topological polar surface area (TPSA) is 29.5 Å². The molecule has 0 unspecified atom stereocenters. The SMILES string of the molecule is C#CCN(C/C=C/c1ccccc1)[C@H](C(=O)OC)c1ccccc1. The van der Waals surface area contributed by atoms with Crippen molar-refractivity contribution in [1.29, 1.82) is 0 Å². The van der Waals surface area contributed by atoms with Crippen LogP contribution in [-0.2, 0) is 9.53 Å². The Morgan fingerprint density at radius 3 is 2.38 bits per heavy atom. The van der Waals surface area contributed by atoms with Crippen molar-refractivity contribution in [3.8, 4) is 12.3 Å². The molecule has 0 fully saturated rings. The zero-order chi connectivity index (χ0) is 17.2. The zero-order valence-electron chi connectivity index (χ0n) is 13.8. The first-order chi connectivity index (χ1) is 11.8. The summed E-state index contributed by atoms with van der Waals surface area (Å²) >= 11 is 0. The predicted octanol–water partition coefficient (Wildman–Crippen LogP) is 3.55. The van der Waals surface area contributed by atoms with Crippen LogP contribution in [0.3, 0.4) is 0 Å². The van der Waals surface area contributed by atoms with E-state index < -0.39 is 6.04 Å². The van der Waals surface area contributed by atoms with Crippen molar-refractivity contribution in [2.75, 3.05) is 20.2 Å². The Bertz CT molecular complexity index is 702. The molecular formula is C21H21NO2. The average Bonchev–Trinajstić information content (AvgIpc) is 2.63. The van der Waals surface area contributed by atoms with Gasteiger partial charge in [-0.1, -0.05) is 78.7 Å². The van der Waals surface area contributed by atoms with Crippen LogP contribution in [0.25, 0.3) is 6.08 Å². The molecule has 0 radical (unpaired) electrons. The van der Waals surface area contributed by atoms with Gasteiger partial charge in [0, 0.05) is 6.54 Å². The van der Waals surface area contributed by atoms with E-state index in [9.17, 15) is 4.79 Å². The molecule has 0 spiro atoms. The van der Waals surface area contributed by atoms with Crippen molar-refractivity contribution in [1.82, 2.24) is 4.90 Å². The molecule has 0 bridgehead atoms. The lowest BCUT2D eigenvalue weighted by atomic mass is 10.1. The molecule has 0 N–H and O–H groups in total. The van der Waals surface area contributed by atoms with Crippen LogP contribution in [0.2, 0.25) is 0 Å². The summed E-state index contributed by atoms with van der Waals surface area (Å²) in [4.78, 5) is 14.2. The van der Waals surface area contributed by atoms with Gasteiger partial charge in [-0.05, 0) is 11.1 Å². The molecule has 3 nitrogen and oxygen atoms in total. The van der Waals surface area contributed by atoms with Crippen LogP contribution >= 0.6 is 0 Å². The van der Waals surface area contributed by atoms with Gasteiger partial charge in [0.15, 0.2) is 0 Å². The summed E-state index contributed by atoms with van der Waals surface area (Å²) in [6.45, 7) is 0.904. The molecule has 0 heterocycles. The molecule has 0 aliphatic carbocycles. The minimum absolute atomic E-state index is 0.315. The monoisotopic (exact) mass is 319 g/mol. The Labute approximate surface area is 143 Å². The lowest BCUT2D eigenvalue weighted by molar-refractivity contribution is -0.146. The summed E-state index contributed by atoms with van der Waals surface area (Å²) in [5, 5.41) is 0. The highest BCUT2D eigenvalue weighted by Crippen LogP contribution is 2.22. The number of carbonyl (C=O) groups excluding carboxylic acids is 1. The second-order valence-electron chi connectivity index (χ2n) is 5.28. The first-order valence-electron chi connectivity index (χ1n) is 7.78. The summed E-state index contributed by atoms with van der Waals surface area (Å²) in [6.07, 6.45) is 9.52. The van der Waals surface area contributed by atoms with Gasteiger partial charge in [-0.25, -0.2) is 4.79 Å². The number of terminal acetylenes is 1. The van der Waals surface area contributed by atoms with Crippen LogP contribution in [0.4, 0.5) is 0 Å². The third-order valence-electron chi connectivity index (χ3n) is 3.65. The fraction of sp³-hybridized carbons (Fsp3) is 0.190. The summed E-state index contributed by atoms with van der Waals surface area (Å²) in [5.74, 6) is 2.31. The molecule has 122 valence electrons. The second-order valence-corrected chi connectivity index (χ2v) is 5.28. The number of hydrogen-bond donors (Lipinski definition) is 0. The largest absolute Gasteiger partial charge is 0.468 e. The zero-order valence-corrected chi connectivity index (χ0v) is 13.8. The highest BCUT2D eigenvalue weighted by molar-refractivity contribution is 5.77. The van der Waals surface area contributed by atoms with Crippen LogP contribution < -0.4 is 0 Å². The van der Waals surface area contributed by atoms with Gasteiger partial charge in [0.1, 0.15) is 6.04 Å². The first-order valence-corrected chi connectivity index (χ1v) is 7.78. The molecule has 0 amide bonds. The van der Waals surface area contributed by atoms with Crippen molar-refractivity contribution >= 4 is 12.0 Å². The van der Waals surface area contributed by atoms with Crippen LogP contribution in [0.15, 0.2) is 66.7 Å². The molecule has 2 aromatic carbocycles. The van der Waals surface area contributed by atoms with E-state index in [4.69, 9.17) is 11.2 Å². The van der Waals surface area contributed by atoms with Crippen LogP contribution in [0.1, 0.15) is 17.2 Å². The fourth-order valence-corrected chi connectivity index (χ4v) is 2.51. The molecule has 0 aliphatic rings. The van der Waals surface area contributed by atoms with Gasteiger partial charge in [-0.15, -0.1) is 6.42 Å². The maximum atomic E-state index is 12.3. The molecule has 0 aromatic heterocycles. The summed E-state index contributed by atoms with van der Waals surface area (Å²) < 4.78 is 4.99. The van der Waals surface area contributed by atoms with Crippen molar-refractivity contribution in [2.24, 2.45) is 0 Å². The number of rotatable bonds is 7. The fourth-order valence-electron chi connectivity index (χ4n) is 2.51. The maximum absolute atomic E-state index is 12.3. The van der Waals surface area contributed by atoms with E-state index in [0.717, 1.165) is 11.1 Å². The van der Waals surface area contributed by atoms with Crippen LogP contribution in [0, 0.1) is 12.3 Å². The molecule has 0 saturated heterocycles. The van der Waals surface area contributed by atoms with E-state index in [1.807, 2.05) is 77.7 Å². The van der Waals surface area contributed by atoms with Gasteiger partial charge in [0.05, 0.1) is 13.7 Å². The Morgan fingerprint density at radius 2 is 1.79 bits per heavy atom. The number of nitrogens with zero attached hydrogens (tertiary/aromatic N) is 1. The molecule has 2 aromatic rings. The van der Waals surface area contributed by atoms with Crippen molar-refractivity contribution in [3.05, 3.63) is 77.9 Å². The first kappa shape index (κ1) is 17.5. The number of benzene rings is 2. The van der Waals surface area contributed by atoms with E-state index >= 15 is 0 Å². The van der Waals surface area contributed by atoms with Crippen molar-refractivity contribution in [2.45, 2.75) is 6.04 Å². The number of esters is 1. The van der Waals surface area contributed by atoms with E-state index in [-0.39, 0.29) is 5.97 Å². The molecule has 2 rings (SSSR count). The number of ether oxygens (including phenoxy) is 1. The third-order valence-corrected chi connectivity index (χ3v) is 3.65. The van der Waals surface area contributed by atoms with Gasteiger partial charge in [-0.3, -0.25) is 4.90 Å².